The van der Waals surface area contributed by atoms with Gasteiger partial charge in [-0.1, -0.05) is 110 Å². The fourth-order valence-corrected chi connectivity index (χ4v) is 4.80. The Hall–Kier alpha value is -3.02. The summed E-state index contributed by atoms with van der Waals surface area (Å²) in [6, 6.07) is 9.67. The summed E-state index contributed by atoms with van der Waals surface area (Å²) < 4.78 is 18.7. The van der Waals surface area contributed by atoms with Gasteiger partial charge in [-0.25, -0.2) is 0 Å². The largest absolute Gasteiger partial charge is 0.507 e. The molecule has 0 fully saturated rings. The second kappa shape index (κ2) is 21.6. The lowest BCUT2D eigenvalue weighted by atomic mass is 10.00. The fourth-order valence-electron chi connectivity index (χ4n) is 4.80. The highest BCUT2D eigenvalue weighted by atomic mass is 16.5. The van der Waals surface area contributed by atoms with E-state index >= 15 is 0 Å². The predicted molar refractivity (Wildman–Crippen MR) is 171 cm³/mol. The van der Waals surface area contributed by atoms with Crippen molar-refractivity contribution < 1.29 is 28.9 Å². The van der Waals surface area contributed by atoms with E-state index < -0.39 is 5.78 Å². The van der Waals surface area contributed by atoms with Crippen LogP contribution in [0.1, 0.15) is 144 Å². The van der Waals surface area contributed by atoms with Crippen molar-refractivity contribution in [2.24, 2.45) is 0 Å². The van der Waals surface area contributed by atoms with Crippen LogP contribution in [-0.2, 0) is 0 Å². The fraction of sp³-hybridized carbons (Fsp3) is 0.611. The molecule has 2 rings (SSSR count). The quantitative estimate of drug-likeness (QED) is 0.0713. The Morgan fingerprint density at radius 1 is 0.595 bits per heavy atom. The molecule has 42 heavy (non-hydrogen) atoms. The van der Waals surface area contributed by atoms with E-state index in [4.69, 9.17) is 14.2 Å². The van der Waals surface area contributed by atoms with E-state index in [0.29, 0.717) is 42.6 Å². The summed E-state index contributed by atoms with van der Waals surface area (Å²) in [7, 11) is 0. The minimum atomic E-state index is -0.428. The number of benzene rings is 2. The Morgan fingerprint density at radius 2 is 1.05 bits per heavy atom. The molecule has 0 bridgehead atoms. The first-order valence-corrected chi connectivity index (χ1v) is 16.4. The average Bonchev–Trinajstić information content (AvgIpc) is 2.99. The van der Waals surface area contributed by atoms with Crippen molar-refractivity contribution in [3.63, 3.8) is 0 Å². The standard InChI is InChI=1S/C36H54O6/c1-4-7-10-13-18-23-40-34-26-29(32(38)28-33(39)30-21-16-17-22-31(30)37)27-35(41-24-19-14-11-8-5-2)36(34)42-25-20-15-12-9-6-3/h16-17,21-22,26-27,37H,4-15,18-20,23-25,28H2,1-3H3. The van der Waals surface area contributed by atoms with E-state index in [9.17, 15) is 14.7 Å². The second-order valence-corrected chi connectivity index (χ2v) is 11.1. The number of carbonyl (C=O) groups excluding carboxylic acids is 2. The minimum Gasteiger partial charge on any atom is -0.507 e. The Morgan fingerprint density at radius 3 is 1.52 bits per heavy atom. The molecule has 0 aliphatic rings. The summed E-state index contributed by atoms with van der Waals surface area (Å²) in [5.74, 6) is 0.604. The number of hydrogen-bond donors (Lipinski definition) is 1. The lowest BCUT2D eigenvalue weighted by Crippen LogP contribution is -2.11. The summed E-state index contributed by atoms with van der Waals surface area (Å²) in [5.41, 5.74) is 0.483. The van der Waals surface area contributed by atoms with E-state index in [1.165, 1.54) is 69.9 Å². The summed E-state index contributed by atoms with van der Waals surface area (Å²) in [6.45, 7) is 8.17. The molecule has 0 aromatic heterocycles. The zero-order valence-corrected chi connectivity index (χ0v) is 26.4. The molecule has 234 valence electrons. The SMILES string of the molecule is CCCCCCCOc1cc(C(=O)CC(=O)c2ccccc2O)cc(OCCCCCCC)c1OCCCCCCC. The number of ether oxygens (including phenoxy) is 3. The molecular weight excluding hydrogens is 528 g/mol. The van der Waals surface area contributed by atoms with Crippen molar-refractivity contribution in [3.8, 4) is 23.0 Å². The van der Waals surface area contributed by atoms with Gasteiger partial charge in [0.25, 0.3) is 0 Å². The van der Waals surface area contributed by atoms with Crippen molar-refractivity contribution in [1.29, 1.82) is 0 Å². The molecule has 2 aromatic carbocycles. The highest BCUT2D eigenvalue weighted by Crippen LogP contribution is 2.40. The summed E-state index contributed by atoms with van der Waals surface area (Å²) in [5, 5.41) is 10.1. The smallest absolute Gasteiger partial charge is 0.203 e. The average molecular weight is 583 g/mol. The van der Waals surface area contributed by atoms with Crippen LogP contribution >= 0.6 is 0 Å². The number of phenolic OH excluding ortho intramolecular Hbond substituents is 1. The molecule has 0 atom stereocenters. The second-order valence-electron chi connectivity index (χ2n) is 11.1. The molecule has 0 saturated carbocycles. The number of carbonyl (C=O) groups is 2. The summed E-state index contributed by atoms with van der Waals surface area (Å²) in [6.07, 6.45) is 16.3. The van der Waals surface area contributed by atoms with Crippen LogP contribution in [0.4, 0.5) is 0 Å². The molecule has 6 heteroatoms. The van der Waals surface area contributed by atoms with Crippen LogP contribution in [0, 0.1) is 0 Å². The first-order valence-electron chi connectivity index (χ1n) is 16.4. The van der Waals surface area contributed by atoms with E-state index in [0.717, 1.165) is 38.5 Å². The number of phenols is 1. The molecule has 6 nitrogen and oxygen atoms in total. The molecule has 0 heterocycles. The lowest BCUT2D eigenvalue weighted by Gasteiger charge is -2.19. The number of rotatable bonds is 25. The molecule has 0 amide bonds. The highest BCUT2D eigenvalue weighted by Gasteiger charge is 2.22. The van der Waals surface area contributed by atoms with Gasteiger partial charge in [0.1, 0.15) is 5.75 Å². The van der Waals surface area contributed by atoms with E-state index in [1.807, 2.05) is 0 Å². The van der Waals surface area contributed by atoms with Gasteiger partial charge in [-0.15, -0.1) is 0 Å². The van der Waals surface area contributed by atoms with E-state index in [2.05, 4.69) is 20.8 Å². The first kappa shape index (κ1) is 35.2. The number of aromatic hydroxyl groups is 1. The Balaban J connectivity index is 2.27. The number of para-hydroxylation sites is 1. The maximum absolute atomic E-state index is 13.4. The summed E-state index contributed by atoms with van der Waals surface area (Å²) in [4.78, 5) is 26.2. The van der Waals surface area contributed by atoms with Crippen LogP contribution in [0.25, 0.3) is 0 Å². The first-order chi connectivity index (χ1) is 20.5. The van der Waals surface area contributed by atoms with Gasteiger partial charge in [-0.3, -0.25) is 9.59 Å². The lowest BCUT2D eigenvalue weighted by molar-refractivity contribution is 0.0892. The van der Waals surface area contributed by atoms with Crippen molar-refractivity contribution in [2.75, 3.05) is 19.8 Å². The third-order valence-electron chi connectivity index (χ3n) is 7.37. The monoisotopic (exact) mass is 582 g/mol. The number of unbranched alkanes of at least 4 members (excludes halogenated alkanes) is 12. The Labute approximate surface area is 254 Å². The topological polar surface area (TPSA) is 82.1 Å². The van der Waals surface area contributed by atoms with Crippen molar-refractivity contribution in [2.45, 2.75) is 124 Å². The number of hydrogen-bond acceptors (Lipinski definition) is 6. The maximum atomic E-state index is 13.4. The molecule has 0 spiro atoms. The third-order valence-corrected chi connectivity index (χ3v) is 7.37. The van der Waals surface area contributed by atoms with E-state index in [-0.39, 0.29) is 23.5 Å². The molecule has 1 N–H and O–H groups in total. The summed E-state index contributed by atoms with van der Waals surface area (Å²) >= 11 is 0. The van der Waals surface area contributed by atoms with Crippen LogP contribution in [0.2, 0.25) is 0 Å². The molecule has 0 aliphatic heterocycles. The van der Waals surface area contributed by atoms with Crippen molar-refractivity contribution in [3.05, 3.63) is 47.5 Å². The molecule has 0 unspecified atom stereocenters. The van der Waals surface area contributed by atoms with Gasteiger partial charge in [-0.2, -0.15) is 0 Å². The van der Waals surface area contributed by atoms with Crippen molar-refractivity contribution in [1.82, 2.24) is 0 Å². The normalized spacial score (nSPS) is 10.9. The predicted octanol–water partition coefficient (Wildman–Crippen LogP) is 9.90. The maximum Gasteiger partial charge on any atom is 0.203 e. The van der Waals surface area contributed by atoms with Gasteiger partial charge in [0.05, 0.1) is 31.8 Å². The van der Waals surface area contributed by atoms with Gasteiger partial charge in [0, 0.05) is 5.56 Å². The van der Waals surface area contributed by atoms with Crippen LogP contribution in [0.5, 0.6) is 23.0 Å². The van der Waals surface area contributed by atoms with E-state index in [1.54, 1.807) is 24.3 Å². The highest BCUT2D eigenvalue weighted by molar-refractivity contribution is 6.14. The molecule has 0 saturated heterocycles. The number of Topliss-reactive ketones (excluding diaryl/α,β-unsaturated/α-hetero) is 2. The van der Waals surface area contributed by atoms with Gasteiger partial charge >= 0.3 is 0 Å². The Kier molecular flexibility index (Phi) is 18.1. The van der Waals surface area contributed by atoms with Crippen LogP contribution < -0.4 is 14.2 Å². The molecule has 0 radical (unpaired) electrons. The zero-order chi connectivity index (χ0) is 30.4. The minimum absolute atomic E-state index is 0.128. The zero-order valence-electron chi connectivity index (χ0n) is 26.4. The van der Waals surface area contributed by atoms with Gasteiger partial charge in [-0.05, 0) is 43.5 Å². The number of ketones is 2. The molecular formula is C36H54O6. The molecule has 2 aromatic rings. The van der Waals surface area contributed by atoms with Gasteiger partial charge in [0.15, 0.2) is 23.1 Å². The molecule has 0 aliphatic carbocycles. The van der Waals surface area contributed by atoms with Crippen LogP contribution in [0.15, 0.2) is 36.4 Å². The third kappa shape index (κ3) is 13.3. The van der Waals surface area contributed by atoms with Crippen LogP contribution in [-0.4, -0.2) is 36.5 Å². The van der Waals surface area contributed by atoms with Gasteiger partial charge < -0.3 is 19.3 Å². The van der Waals surface area contributed by atoms with Crippen molar-refractivity contribution >= 4 is 11.6 Å². The van der Waals surface area contributed by atoms with Crippen LogP contribution in [0.3, 0.4) is 0 Å². The Bertz CT molecular complexity index is 1010. The van der Waals surface area contributed by atoms with Gasteiger partial charge in [0.2, 0.25) is 5.75 Å².